The lowest BCUT2D eigenvalue weighted by Crippen LogP contribution is -2.56. The third-order valence-corrected chi connectivity index (χ3v) is 4.63. The van der Waals surface area contributed by atoms with Crippen molar-refractivity contribution in [3.63, 3.8) is 0 Å². The van der Waals surface area contributed by atoms with Crippen LogP contribution in [0.25, 0.3) is 0 Å². The zero-order valence-corrected chi connectivity index (χ0v) is 14.4. The first kappa shape index (κ1) is 19.1. The molecule has 0 saturated carbocycles. The Hall–Kier alpha value is -1.28. The molecule has 2 aliphatic heterocycles. The molecule has 0 radical (unpaired) electrons. The van der Waals surface area contributed by atoms with Crippen molar-refractivity contribution in [3.8, 4) is 0 Å². The molecule has 1 fully saturated rings. The normalized spacial score (nSPS) is 22.3. The zero-order chi connectivity index (χ0) is 17.6. The van der Waals surface area contributed by atoms with Crippen molar-refractivity contribution in [2.75, 3.05) is 53.0 Å². The van der Waals surface area contributed by atoms with Gasteiger partial charge in [-0.3, -0.25) is 9.89 Å². The Morgan fingerprint density at radius 3 is 2.58 bits per heavy atom. The van der Waals surface area contributed by atoms with E-state index in [2.05, 4.69) is 16.4 Å². The molecule has 2 rings (SSSR count). The summed E-state index contributed by atoms with van der Waals surface area (Å²) in [6.45, 7) is 5.35. The predicted molar refractivity (Wildman–Crippen MR) is 88.2 cm³/mol. The number of hydrogen-bond donors (Lipinski definition) is 1. The molecule has 2 heterocycles. The second-order valence-corrected chi connectivity index (χ2v) is 6.15. The number of guanidine groups is 1. The lowest BCUT2D eigenvalue weighted by molar-refractivity contribution is -0.181. The van der Waals surface area contributed by atoms with Gasteiger partial charge in [-0.15, -0.1) is 0 Å². The molecule has 0 bridgehead atoms. The molecule has 8 heteroatoms. The van der Waals surface area contributed by atoms with E-state index in [0.29, 0.717) is 32.8 Å². The number of ether oxygens (including phenoxy) is 1. The molecule has 0 aliphatic carbocycles. The Bertz CT molecular complexity index is 457. The summed E-state index contributed by atoms with van der Waals surface area (Å²) in [6.07, 6.45) is -0.146. The summed E-state index contributed by atoms with van der Waals surface area (Å²) in [5, 5.41) is 3.31. The average molecular weight is 348 g/mol. The van der Waals surface area contributed by atoms with E-state index in [4.69, 9.17) is 4.74 Å². The van der Waals surface area contributed by atoms with Gasteiger partial charge in [-0.25, -0.2) is 0 Å². The average Bonchev–Trinajstić information content (AvgIpc) is 2.58. The van der Waals surface area contributed by atoms with Crippen molar-refractivity contribution in [1.82, 2.24) is 15.1 Å². The van der Waals surface area contributed by atoms with Gasteiger partial charge in [0.2, 0.25) is 0 Å². The minimum atomic E-state index is -4.17. The maximum atomic E-state index is 12.8. The molecular weight excluding hydrogens is 321 g/mol. The highest BCUT2D eigenvalue weighted by Gasteiger charge is 2.41. The molecule has 1 atom stereocenters. The van der Waals surface area contributed by atoms with Gasteiger partial charge in [0.25, 0.3) is 0 Å². The van der Waals surface area contributed by atoms with Gasteiger partial charge in [-0.2, -0.15) is 13.2 Å². The van der Waals surface area contributed by atoms with Crippen LogP contribution in [0.15, 0.2) is 16.6 Å². The highest BCUT2D eigenvalue weighted by molar-refractivity contribution is 5.80. The third kappa shape index (κ3) is 5.37. The van der Waals surface area contributed by atoms with Crippen LogP contribution in [0.4, 0.5) is 13.2 Å². The van der Waals surface area contributed by atoms with Gasteiger partial charge >= 0.3 is 6.18 Å². The molecule has 138 valence electrons. The van der Waals surface area contributed by atoms with Gasteiger partial charge in [-0.1, -0.05) is 11.6 Å². The lowest BCUT2D eigenvalue weighted by atomic mass is 10.1. The summed E-state index contributed by atoms with van der Waals surface area (Å²) in [6, 6.07) is -1.39. The Kier molecular flexibility index (Phi) is 6.91. The summed E-state index contributed by atoms with van der Waals surface area (Å²) in [5.74, 6) is 0.766. The maximum absolute atomic E-state index is 12.8. The minimum Gasteiger partial charge on any atom is -0.377 e. The Morgan fingerprint density at radius 2 is 2.04 bits per heavy atom. The van der Waals surface area contributed by atoms with Gasteiger partial charge in [0.05, 0.1) is 13.2 Å². The van der Waals surface area contributed by atoms with E-state index in [9.17, 15) is 13.2 Å². The molecule has 1 unspecified atom stereocenters. The molecule has 0 aromatic carbocycles. The fraction of sp³-hybridized carbons (Fsp3) is 0.812. The summed E-state index contributed by atoms with van der Waals surface area (Å²) >= 11 is 0. The second kappa shape index (κ2) is 8.71. The van der Waals surface area contributed by atoms with Crippen LogP contribution in [0.5, 0.6) is 0 Å². The summed E-state index contributed by atoms with van der Waals surface area (Å²) in [7, 11) is 1.71. The topological polar surface area (TPSA) is 40.1 Å². The largest absolute Gasteiger partial charge is 0.403 e. The van der Waals surface area contributed by atoms with Crippen molar-refractivity contribution in [3.05, 3.63) is 11.6 Å². The number of alkyl halides is 3. The predicted octanol–water partition coefficient (Wildman–Crippen LogP) is 1.87. The van der Waals surface area contributed by atoms with Crippen LogP contribution in [0.3, 0.4) is 0 Å². The molecule has 0 spiro atoms. The number of halogens is 3. The lowest BCUT2D eigenvalue weighted by Gasteiger charge is -2.39. The van der Waals surface area contributed by atoms with E-state index in [0.717, 1.165) is 32.0 Å². The van der Waals surface area contributed by atoms with Crippen LogP contribution in [0.2, 0.25) is 0 Å². The van der Waals surface area contributed by atoms with E-state index in [-0.39, 0.29) is 0 Å². The van der Waals surface area contributed by atoms with Crippen molar-refractivity contribution in [1.29, 1.82) is 0 Å². The number of rotatable bonds is 4. The molecular formula is C16H27F3N4O. The molecule has 1 saturated heterocycles. The molecule has 0 aromatic rings. The smallest absolute Gasteiger partial charge is 0.377 e. The molecule has 5 nitrogen and oxygen atoms in total. The van der Waals surface area contributed by atoms with Crippen LogP contribution in [0.1, 0.15) is 19.8 Å². The SMILES string of the molecule is CN=C(NCCC1=CCOCC1)N1CCN(C(C)C(F)(F)F)CC1. The van der Waals surface area contributed by atoms with E-state index in [1.807, 2.05) is 4.90 Å². The van der Waals surface area contributed by atoms with Crippen LogP contribution < -0.4 is 5.32 Å². The second-order valence-electron chi connectivity index (χ2n) is 6.15. The van der Waals surface area contributed by atoms with Crippen LogP contribution in [0, 0.1) is 0 Å². The maximum Gasteiger partial charge on any atom is 0.403 e. The number of hydrogen-bond acceptors (Lipinski definition) is 3. The van der Waals surface area contributed by atoms with Crippen molar-refractivity contribution in [2.45, 2.75) is 32.0 Å². The molecule has 24 heavy (non-hydrogen) atoms. The first-order valence-corrected chi connectivity index (χ1v) is 8.44. The van der Waals surface area contributed by atoms with Gasteiger partial charge in [0.15, 0.2) is 5.96 Å². The van der Waals surface area contributed by atoms with E-state index in [1.165, 1.54) is 17.4 Å². The molecule has 1 N–H and O–H groups in total. The van der Waals surface area contributed by atoms with E-state index < -0.39 is 12.2 Å². The monoisotopic (exact) mass is 348 g/mol. The quantitative estimate of drug-likeness (QED) is 0.478. The highest BCUT2D eigenvalue weighted by atomic mass is 19.4. The van der Waals surface area contributed by atoms with Crippen molar-refractivity contribution in [2.24, 2.45) is 4.99 Å². The van der Waals surface area contributed by atoms with Gasteiger partial charge in [0.1, 0.15) is 6.04 Å². The van der Waals surface area contributed by atoms with Gasteiger partial charge in [0, 0.05) is 39.8 Å². The highest BCUT2D eigenvalue weighted by Crippen LogP contribution is 2.25. The Labute approximate surface area is 141 Å². The zero-order valence-electron chi connectivity index (χ0n) is 14.4. The van der Waals surface area contributed by atoms with E-state index in [1.54, 1.807) is 7.05 Å². The standard InChI is InChI=1S/C16H27F3N4O/c1-13(16(17,18)19)22-7-9-23(10-8-22)15(20-2)21-6-3-14-4-11-24-12-5-14/h4,13H,3,5-12H2,1-2H3,(H,20,21). The number of nitrogens with zero attached hydrogens (tertiary/aromatic N) is 3. The number of nitrogens with one attached hydrogen (secondary N) is 1. The third-order valence-electron chi connectivity index (χ3n) is 4.63. The molecule has 0 amide bonds. The fourth-order valence-electron chi connectivity index (χ4n) is 2.99. The first-order chi connectivity index (χ1) is 11.4. The van der Waals surface area contributed by atoms with E-state index >= 15 is 0 Å². The first-order valence-electron chi connectivity index (χ1n) is 8.44. The molecule has 2 aliphatic rings. The van der Waals surface area contributed by atoms with Crippen LogP contribution in [-0.2, 0) is 4.74 Å². The van der Waals surface area contributed by atoms with Crippen molar-refractivity contribution >= 4 is 5.96 Å². The summed E-state index contributed by atoms with van der Waals surface area (Å²) in [5.41, 5.74) is 1.38. The fourth-order valence-corrected chi connectivity index (χ4v) is 2.99. The van der Waals surface area contributed by atoms with Gasteiger partial charge in [-0.05, 0) is 19.8 Å². The summed E-state index contributed by atoms with van der Waals surface area (Å²) in [4.78, 5) is 7.77. The summed E-state index contributed by atoms with van der Waals surface area (Å²) < 4.78 is 43.7. The van der Waals surface area contributed by atoms with Gasteiger partial charge < -0.3 is 15.0 Å². The minimum absolute atomic E-state index is 0.393. The number of piperazine rings is 1. The van der Waals surface area contributed by atoms with Crippen LogP contribution >= 0.6 is 0 Å². The van der Waals surface area contributed by atoms with Crippen LogP contribution in [-0.4, -0.2) is 81.0 Å². The molecule has 0 aromatic heterocycles. The Balaban J connectivity index is 1.75. The Morgan fingerprint density at radius 1 is 1.33 bits per heavy atom. The number of aliphatic imine (C=N–C) groups is 1. The van der Waals surface area contributed by atoms with Crippen molar-refractivity contribution < 1.29 is 17.9 Å².